The van der Waals surface area contributed by atoms with E-state index in [-0.39, 0.29) is 0 Å². The van der Waals surface area contributed by atoms with Crippen LogP contribution in [0.4, 0.5) is 0 Å². The summed E-state index contributed by atoms with van der Waals surface area (Å²) < 4.78 is 0. The van der Waals surface area contributed by atoms with Gasteiger partial charge < -0.3 is 5.32 Å². The summed E-state index contributed by atoms with van der Waals surface area (Å²) in [6.07, 6.45) is 1.62. The molecule has 2 N–H and O–H groups in total. The summed E-state index contributed by atoms with van der Waals surface area (Å²) in [5, 5.41) is 7.14. The molecule has 0 aromatic carbocycles. The number of hydrogen-bond donors (Lipinski definition) is 2. The summed E-state index contributed by atoms with van der Waals surface area (Å²) in [6, 6.07) is 5.74. The molecule has 0 saturated heterocycles. The van der Waals surface area contributed by atoms with Gasteiger partial charge in [0.05, 0.1) is 11.9 Å². The number of nitrogens with zero attached hydrogens (tertiary/aromatic N) is 2. The second kappa shape index (κ2) is 5.29. The highest BCUT2D eigenvalue weighted by Gasteiger charge is 1.89. The molecule has 0 saturated carbocycles. The van der Waals surface area contributed by atoms with Gasteiger partial charge in [-0.3, -0.25) is 10.4 Å². The van der Waals surface area contributed by atoms with Crippen molar-refractivity contribution in [2.45, 2.75) is 6.92 Å². The van der Waals surface area contributed by atoms with E-state index in [0.29, 0.717) is 5.11 Å². The minimum absolute atomic E-state index is 0.480. The first-order valence-corrected chi connectivity index (χ1v) is 4.57. The standard InChI is InChI=1S/C9H12N4S/c1-7-4-3-5-8(12-7)6-11-13-9(14)10-2/h3-6H,1-2H3,(H2,10,13,14)/b11-6-. The Morgan fingerprint density at radius 1 is 1.57 bits per heavy atom. The number of hydrazone groups is 1. The Balaban J connectivity index is 2.56. The molecule has 5 heteroatoms. The Bertz CT molecular complexity index is 348. The molecule has 0 radical (unpaired) electrons. The van der Waals surface area contributed by atoms with Crippen LogP contribution in [0, 0.1) is 6.92 Å². The van der Waals surface area contributed by atoms with Gasteiger partial charge in [-0.25, -0.2) is 0 Å². The Labute approximate surface area is 88.4 Å². The molecule has 0 atom stereocenters. The summed E-state index contributed by atoms with van der Waals surface area (Å²) in [4.78, 5) is 4.24. The number of thiocarbonyl (C=S) groups is 1. The van der Waals surface area contributed by atoms with Gasteiger partial charge in [0.1, 0.15) is 0 Å². The van der Waals surface area contributed by atoms with Crippen LogP contribution in [0.15, 0.2) is 23.3 Å². The Hall–Kier alpha value is -1.49. The molecule has 1 aromatic rings. The van der Waals surface area contributed by atoms with Crippen LogP contribution in [0.5, 0.6) is 0 Å². The lowest BCUT2D eigenvalue weighted by Crippen LogP contribution is -2.28. The third kappa shape index (κ3) is 3.49. The third-order valence-electron chi connectivity index (χ3n) is 1.50. The zero-order valence-electron chi connectivity index (χ0n) is 8.11. The average Bonchev–Trinajstić information content (AvgIpc) is 2.17. The lowest BCUT2D eigenvalue weighted by atomic mass is 10.3. The van der Waals surface area contributed by atoms with Crippen molar-refractivity contribution in [1.29, 1.82) is 0 Å². The van der Waals surface area contributed by atoms with E-state index in [0.717, 1.165) is 11.4 Å². The molecular formula is C9H12N4S. The molecular weight excluding hydrogens is 196 g/mol. The lowest BCUT2D eigenvalue weighted by molar-refractivity contribution is 0.979. The highest BCUT2D eigenvalue weighted by atomic mass is 32.1. The molecule has 1 heterocycles. The van der Waals surface area contributed by atoms with E-state index in [9.17, 15) is 0 Å². The van der Waals surface area contributed by atoms with Crippen molar-refractivity contribution < 1.29 is 0 Å². The van der Waals surface area contributed by atoms with Crippen molar-refractivity contribution >= 4 is 23.5 Å². The first-order valence-electron chi connectivity index (χ1n) is 4.17. The van der Waals surface area contributed by atoms with Crippen LogP contribution >= 0.6 is 12.2 Å². The zero-order valence-corrected chi connectivity index (χ0v) is 8.93. The maximum absolute atomic E-state index is 4.84. The Morgan fingerprint density at radius 2 is 2.36 bits per heavy atom. The fourth-order valence-corrected chi connectivity index (χ4v) is 0.902. The van der Waals surface area contributed by atoms with Gasteiger partial charge in [0.2, 0.25) is 0 Å². The second-order valence-electron chi connectivity index (χ2n) is 2.65. The summed E-state index contributed by atoms with van der Waals surface area (Å²) in [5.74, 6) is 0. The first kappa shape index (κ1) is 10.6. The van der Waals surface area contributed by atoms with Gasteiger partial charge in [-0.1, -0.05) is 6.07 Å². The van der Waals surface area contributed by atoms with Gasteiger partial charge >= 0.3 is 0 Å². The normalized spacial score (nSPS) is 10.1. The molecule has 0 unspecified atom stereocenters. The molecule has 1 rings (SSSR count). The first-order chi connectivity index (χ1) is 6.72. The third-order valence-corrected chi connectivity index (χ3v) is 1.80. The quantitative estimate of drug-likeness (QED) is 0.429. The SMILES string of the molecule is CNC(=S)N/N=C\c1cccc(C)n1. The smallest absolute Gasteiger partial charge is 0.186 e. The van der Waals surface area contributed by atoms with Crippen LogP contribution in [0.25, 0.3) is 0 Å². The van der Waals surface area contributed by atoms with Crippen molar-refractivity contribution in [2.75, 3.05) is 7.05 Å². The average molecular weight is 208 g/mol. The monoisotopic (exact) mass is 208 g/mol. The Kier molecular flexibility index (Phi) is 4.00. The van der Waals surface area contributed by atoms with Crippen molar-refractivity contribution in [3.8, 4) is 0 Å². The fourth-order valence-electron chi connectivity index (χ4n) is 0.849. The van der Waals surface area contributed by atoms with E-state index in [4.69, 9.17) is 12.2 Å². The van der Waals surface area contributed by atoms with Gasteiger partial charge in [0.15, 0.2) is 5.11 Å². The lowest BCUT2D eigenvalue weighted by Gasteiger charge is -1.99. The molecule has 14 heavy (non-hydrogen) atoms. The van der Waals surface area contributed by atoms with Crippen molar-refractivity contribution in [3.63, 3.8) is 0 Å². The molecule has 0 aliphatic carbocycles. The topological polar surface area (TPSA) is 49.3 Å². The van der Waals surface area contributed by atoms with Crippen LogP contribution in [-0.4, -0.2) is 23.4 Å². The van der Waals surface area contributed by atoms with Gasteiger partial charge in [-0.05, 0) is 31.3 Å². The summed E-state index contributed by atoms with van der Waals surface area (Å²) >= 11 is 4.84. The van der Waals surface area contributed by atoms with Crippen LogP contribution < -0.4 is 10.7 Å². The van der Waals surface area contributed by atoms with E-state index >= 15 is 0 Å². The van der Waals surface area contributed by atoms with Crippen LogP contribution in [0.1, 0.15) is 11.4 Å². The van der Waals surface area contributed by atoms with Gasteiger partial charge in [-0.2, -0.15) is 5.10 Å². The molecule has 0 bridgehead atoms. The minimum Gasteiger partial charge on any atom is -0.364 e. The molecule has 1 aromatic heterocycles. The molecule has 0 aliphatic heterocycles. The molecule has 0 amide bonds. The summed E-state index contributed by atoms with van der Waals surface area (Å²) in [7, 11) is 1.73. The minimum atomic E-state index is 0.480. The molecule has 0 spiro atoms. The largest absolute Gasteiger partial charge is 0.364 e. The van der Waals surface area contributed by atoms with Crippen LogP contribution in [0.2, 0.25) is 0 Å². The second-order valence-corrected chi connectivity index (χ2v) is 3.06. The van der Waals surface area contributed by atoms with E-state index in [1.807, 2.05) is 25.1 Å². The van der Waals surface area contributed by atoms with Gasteiger partial charge in [0.25, 0.3) is 0 Å². The van der Waals surface area contributed by atoms with Crippen molar-refractivity contribution in [2.24, 2.45) is 5.10 Å². The van der Waals surface area contributed by atoms with E-state index in [1.165, 1.54) is 0 Å². The fraction of sp³-hybridized carbons (Fsp3) is 0.222. The maximum Gasteiger partial charge on any atom is 0.186 e. The molecule has 74 valence electrons. The number of nitrogens with one attached hydrogen (secondary N) is 2. The number of pyridine rings is 1. The molecule has 0 fully saturated rings. The Morgan fingerprint density at radius 3 is 3.00 bits per heavy atom. The van der Waals surface area contributed by atoms with E-state index in [1.54, 1.807) is 13.3 Å². The predicted molar refractivity (Wildman–Crippen MR) is 61.4 cm³/mol. The predicted octanol–water partition coefficient (Wildman–Crippen LogP) is 0.818. The van der Waals surface area contributed by atoms with Gasteiger partial charge in [0, 0.05) is 12.7 Å². The van der Waals surface area contributed by atoms with E-state index < -0.39 is 0 Å². The van der Waals surface area contributed by atoms with Crippen LogP contribution in [0.3, 0.4) is 0 Å². The van der Waals surface area contributed by atoms with E-state index in [2.05, 4.69) is 20.8 Å². The van der Waals surface area contributed by atoms with Crippen molar-refractivity contribution in [3.05, 3.63) is 29.6 Å². The maximum atomic E-state index is 4.84. The number of rotatable bonds is 2. The molecule has 0 aliphatic rings. The van der Waals surface area contributed by atoms with Crippen molar-refractivity contribution in [1.82, 2.24) is 15.7 Å². The highest BCUT2D eigenvalue weighted by Crippen LogP contribution is 1.94. The van der Waals surface area contributed by atoms with Gasteiger partial charge in [-0.15, -0.1) is 0 Å². The number of hydrogen-bond acceptors (Lipinski definition) is 3. The summed E-state index contributed by atoms with van der Waals surface area (Å²) in [5.41, 5.74) is 4.42. The zero-order chi connectivity index (χ0) is 10.4. The number of aryl methyl sites for hydroxylation is 1. The summed E-state index contributed by atoms with van der Waals surface area (Å²) in [6.45, 7) is 1.93. The highest BCUT2D eigenvalue weighted by molar-refractivity contribution is 7.80. The number of aromatic nitrogens is 1. The molecule has 4 nitrogen and oxygen atoms in total. The van der Waals surface area contributed by atoms with Crippen LogP contribution in [-0.2, 0) is 0 Å².